The fraction of sp³-hybridized carbons (Fsp3) is 0.588. The zero-order valence-electron chi connectivity index (χ0n) is 14.9. The van der Waals surface area contributed by atoms with Crippen LogP contribution in [0.25, 0.3) is 0 Å². The molecular formula is C17H26N6OS. The number of nitrogens with zero attached hydrogens (tertiary/aromatic N) is 5. The van der Waals surface area contributed by atoms with Crippen molar-refractivity contribution in [3.05, 3.63) is 34.1 Å². The third kappa shape index (κ3) is 5.02. The first-order valence-electron chi connectivity index (χ1n) is 8.79. The summed E-state index contributed by atoms with van der Waals surface area (Å²) in [6, 6.07) is 1.93. The number of guanidine groups is 1. The van der Waals surface area contributed by atoms with Gasteiger partial charge < -0.3 is 14.7 Å². The summed E-state index contributed by atoms with van der Waals surface area (Å²) in [4.78, 5) is 15.0. The summed E-state index contributed by atoms with van der Waals surface area (Å²) in [5, 5.41) is 8.65. The van der Waals surface area contributed by atoms with Crippen molar-refractivity contribution in [2.45, 2.75) is 26.3 Å². The van der Waals surface area contributed by atoms with Gasteiger partial charge >= 0.3 is 0 Å². The van der Waals surface area contributed by atoms with Crippen LogP contribution in [0.4, 0.5) is 0 Å². The second-order valence-electron chi connectivity index (χ2n) is 6.05. The lowest BCUT2D eigenvalue weighted by Crippen LogP contribution is -2.52. The molecule has 1 saturated heterocycles. The molecule has 1 aliphatic rings. The third-order valence-electron chi connectivity index (χ3n) is 4.33. The SMILES string of the molecule is CCc1cnc(CCNC(=NC)N2CCN(Cc3ccon3)CC2)s1. The smallest absolute Gasteiger partial charge is 0.193 e. The molecule has 0 unspecified atom stereocenters. The molecule has 0 bridgehead atoms. The average molecular weight is 363 g/mol. The Labute approximate surface area is 152 Å². The molecule has 0 atom stereocenters. The summed E-state index contributed by atoms with van der Waals surface area (Å²) in [5.74, 6) is 0.980. The number of rotatable bonds is 6. The summed E-state index contributed by atoms with van der Waals surface area (Å²) < 4.78 is 4.90. The van der Waals surface area contributed by atoms with Gasteiger partial charge in [-0.25, -0.2) is 4.98 Å². The molecule has 0 amide bonds. The van der Waals surface area contributed by atoms with Gasteiger partial charge in [0.1, 0.15) is 6.26 Å². The molecule has 1 fully saturated rings. The third-order valence-corrected chi connectivity index (χ3v) is 5.53. The van der Waals surface area contributed by atoms with Crippen molar-refractivity contribution in [3.63, 3.8) is 0 Å². The van der Waals surface area contributed by atoms with Gasteiger partial charge in [0.05, 0.1) is 10.7 Å². The molecule has 0 aromatic carbocycles. The highest BCUT2D eigenvalue weighted by Crippen LogP contribution is 2.13. The second-order valence-corrected chi connectivity index (χ2v) is 7.25. The van der Waals surface area contributed by atoms with Crippen molar-refractivity contribution in [2.75, 3.05) is 39.8 Å². The highest BCUT2D eigenvalue weighted by molar-refractivity contribution is 7.11. The van der Waals surface area contributed by atoms with E-state index in [0.717, 1.165) is 63.8 Å². The Morgan fingerprint density at radius 3 is 2.84 bits per heavy atom. The normalized spacial score (nSPS) is 16.4. The standard InChI is InChI=1S/C17H26N6OS/c1-3-15-12-20-16(25-15)4-6-19-17(18-2)23-9-7-22(8-10-23)13-14-5-11-24-21-14/h5,11-12H,3-4,6-10,13H2,1-2H3,(H,18,19). The zero-order valence-corrected chi connectivity index (χ0v) is 15.8. The first-order valence-corrected chi connectivity index (χ1v) is 9.61. The number of aryl methyl sites for hydroxylation is 1. The van der Waals surface area contributed by atoms with Crippen molar-refractivity contribution in [3.8, 4) is 0 Å². The van der Waals surface area contributed by atoms with Crippen molar-refractivity contribution in [1.82, 2.24) is 25.3 Å². The van der Waals surface area contributed by atoms with E-state index in [4.69, 9.17) is 4.52 Å². The number of hydrogen-bond donors (Lipinski definition) is 1. The van der Waals surface area contributed by atoms with E-state index in [9.17, 15) is 0 Å². The molecule has 2 aromatic rings. The highest BCUT2D eigenvalue weighted by Gasteiger charge is 2.20. The van der Waals surface area contributed by atoms with Crippen LogP contribution >= 0.6 is 11.3 Å². The lowest BCUT2D eigenvalue weighted by molar-refractivity contribution is 0.169. The predicted molar refractivity (Wildman–Crippen MR) is 99.9 cm³/mol. The Kier molecular flexibility index (Phi) is 6.41. The highest BCUT2D eigenvalue weighted by atomic mass is 32.1. The van der Waals surface area contributed by atoms with Crippen LogP contribution in [0.1, 0.15) is 22.5 Å². The van der Waals surface area contributed by atoms with E-state index < -0.39 is 0 Å². The number of aliphatic imine (C=N–C) groups is 1. The van der Waals surface area contributed by atoms with Crippen LogP contribution in [0, 0.1) is 0 Å². The molecule has 1 aliphatic heterocycles. The Balaban J connectivity index is 1.41. The molecule has 1 N–H and O–H groups in total. The van der Waals surface area contributed by atoms with Crippen LogP contribution in [0.5, 0.6) is 0 Å². The summed E-state index contributed by atoms with van der Waals surface area (Å²) in [7, 11) is 1.85. The number of nitrogens with one attached hydrogen (secondary N) is 1. The summed E-state index contributed by atoms with van der Waals surface area (Å²) in [6.07, 6.45) is 5.62. The van der Waals surface area contributed by atoms with Crippen LogP contribution in [-0.4, -0.2) is 65.7 Å². The van der Waals surface area contributed by atoms with E-state index in [2.05, 4.69) is 37.2 Å². The van der Waals surface area contributed by atoms with Gasteiger partial charge in [-0.05, 0) is 6.42 Å². The van der Waals surface area contributed by atoms with E-state index in [-0.39, 0.29) is 0 Å². The molecule has 136 valence electrons. The van der Waals surface area contributed by atoms with Crippen molar-refractivity contribution >= 4 is 17.3 Å². The van der Waals surface area contributed by atoms with Gasteiger partial charge in [-0.2, -0.15) is 0 Å². The minimum atomic E-state index is 0.847. The molecule has 3 rings (SSSR count). The Bertz CT molecular complexity index is 660. The van der Waals surface area contributed by atoms with Crippen LogP contribution in [0.2, 0.25) is 0 Å². The summed E-state index contributed by atoms with van der Waals surface area (Å²) in [5.41, 5.74) is 0.992. The largest absolute Gasteiger partial charge is 0.364 e. The maximum Gasteiger partial charge on any atom is 0.193 e. The molecule has 0 aliphatic carbocycles. The predicted octanol–water partition coefficient (Wildman–Crippen LogP) is 1.63. The van der Waals surface area contributed by atoms with Gasteiger partial charge in [-0.15, -0.1) is 11.3 Å². The van der Waals surface area contributed by atoms with Crippen LogP contribution in [-0.2, 0) is 19.4 Å². The molecular weight excluding hydrogens is 336 g/mol. The van der Waals surface area contributed by atoms with E-state index >= 15 is 0 Å². The lowest BCUT2D eigenvalue weighted by atomic mass is 10.3. The fourth-order valence-corrected chi connectivity index (χ4v) is 3.77. The Morgan fingerprint density at radius 2 is 2.20 bits per heavy atom. The van der Waals surface area contributed by atoms with Gasteiger partial charge in [0.2, 0.25) is 0 Å². The van der Waals surface area contributed by atoms with E-state index in [1.54, 1.807) is 17.6 Å². The van der Waals surface area contributed by atoms with Gasteiger partial charge in [0, 0.05) is 69.9 Å². The summed E-state index contributed by atoms with van der Waals surface area (Å²) in [6.45, 7) is 7.81. The quantitative estimate of drug-likeness (QED) is 0.622. The van der Waals surface area contributed by atoms with Crippen molar-refractivity contribution < 1.29 is 4.52 Å². The first-order chi connectivity index (χ1) is 12.3. The average Bonchev–Trinajstić information content (AvgIpc) is 3.31. The molecule has 0 saturated carbocycles. The van der Waals surface area contributed by atoms with Crippen LogP contribution < -0.4 is 5.32 Å². The number of piperazine rings is 1. The number of hydrogen-bond acceptors (Lipinski definition) is 6. The van der Waals surface area contributed by atoms with Crippen molar-refractivity contribution in [2.24, 2.45) is 4.99 Å². The maximum absolute atomic E-state index is 4.90. The van der Waals surface area contributed by atoms with Crippen LogP contribution in [0.3, 0.4) is 0 Å². The van der Waals surface area contributed by atoms with Gasteiger partial charge in [0.25, 0.3) is 0 Å². The second kappa shape index (κ2) is 8.96. The molecule has 25 heavy (non-hydrogen) atoms. The van der Waals surface area contributed by atoms with Gasteiger partial charge in [-0.3, -0.25) is 9.89 Å². The monoisotopic (exact) mass is 362 g/mol. The van der Waals surface area contributed by atoms with E-state index in [0.29, 0.717) is 0 Å². The van der Waals surface area contributed by atoms with Crippen LogP contribution in [0.15, 0.2) is 28.0 Å². The molecule has 3 heterocycles. The molecule has 2 aromatic heterocycles. The molecule has 7 nitrogen and oxygen atoms in total. The Hall–Kier alpha value is -1.93. The summed E-state index contributed by atoms with van der Waals surface area (Å²) >= 11 is 1.80. The number of aromatic nitrogens is 2. The lowest BCUT2D eigenvalue weighted by Gasteiger charge is -2.36. The zero-order chi connectivity index (χ0) is 17.5. The topological polar surface area (TPSA) is 69.8 Å². The molecule has 0 spiro atoms. The maximum atomic E-state index is 4.90. The number of thiazole rings is 1. The minimum Gasteiger partial charge on any atom is -0.364 e. The van der Waals surface area contributed by atoms with Gasteiger partial charge in [-0.1, -0.05) is 12.1 Å². The minimum absolute atomic E-state index is 0.847. The molecule has 0 radical (unpaired) electrons. The van der Waals surface area contributed by atoms with Crippen molar-refractivity contribution in [1.29, 1.82) is 0 Å². The first kappa shape index (κ1) is 17.9. The van der Waals surface area contributed by atoms with Gasteiger partial charge in [0.15, 0.2) is 5.96 Å². The van der Waals surface area contributed by atoms with E-state index in [1.165, 1.54) is 9.88 Å². The Morgan fingerprint density at radius 1 is 1.36 bits per heavy atom. The fourth-order valence-electron chi connectivity index (χ4n) is 2.91. The van der Waals surface area contributed by atoms with E-state index in [1.807, 2.05) is 19.3 Å². The molecule has 8 heteroatoms.